The van der Waals surface area contributed by atoms with Gasteiger partial charge in [-0.05, 0) is 26.7 Å². The summed E-state index contributed by atoms with van der Waals surface area (Å²) < 4.78 is 23.1. The number of ketones is 1. The normalized spacial score (nSPS) is 44.4. The average molecular weight is 922 g/mol. The number of carbonyl (C=O) groups excluding carboxylic acids is 2. The van der Waals surface area contributed by atoms with Crippen molar-refractivity contribution in [2.24, 2.45) is 23.5 Å². The maximum absolute atomic E-state index is 12.7. The number of hydrogen-bond donors (Lipinski definition) is 11. The fraction of sp³-hybridized carbons (Fsp3) is 0.638. The Morgan fingerprint density at radius 1 is 0.677 bits per heavy atom. The standard InChI is InChI=1S/C47H71NO17/c1-27-17-15-13-11-9-7-5-6-8-10-12-14-16-18-34(64-46-44(58)41(48)43(57)30(4)63-46)24-38-40(45(59)60)37(54)26-47(61,65-38)25-36(53)35(52)20-19-31(49)21-32(50)22-33(51)23-39(55)62-29(3)28(2)42(27)56/h5-18,27-31,33-38,40-44,46,49,51-54,56-58,61H,19-26,48H2,1-4H3,(H,59,60)/b6-5+,9-7+,10-8+,13-11+,14-12+,17-15+,18-16+/t27-,28-,29-,30+,31?,33+,34-,35?,36+,37-,38-,40+,41-,42+,43+,44-,46-,47+/m0/s1. The minimum atomic E-state index is -2.37. The molecule has 65 heavy (non-hydrogen) atoms. The van der Waals surface area contributed by atoms with Gasteiger partial charge < -0.3 is 75.7 Å². The highest BCUT2D eigenvalue weighted by Crippen LogP contribution is 2.38. The van der Waals surface area contributed by atoms with Crippen molar-refractivity contribution >= 4 is 17.7 Å². The quantitative estimate of drug-likeness (QED) is 0.175. The molecule has 2 saturated heterocycles. The summed E-state index contributed by atoms with van der Waals surface area (Å²) in [5.74, 6) is -7.57. The van der Waals surface area contributed by atoms with Crippen molar-refractivity contribution in [3.63, 3.8) is 0 Å². The molecule has 3 aliphatic heterocycles. The fourth-order valence-corrected chi connectivity index (χ4v) is 7.81. The zero-order valence-corrected chi connectivity index (χ0v) is 37.5. The van der Waals surface area contributed by atoms with Gasteiger partial charge in [-0.25, -0.2) is 0 Å². The number of fused-ring (bicyclic) bond motifs is 2. The molecule has 18 nitrogen and oxygen atoms in total. The van der Waals surface area contributed by atoms with Crippen LogP contribution in [0.25, 0.3) is 0 Å². The molecule has 0 radical (unpaired) electrons. The Morgan fingerprint density at radius 3 is 1.80 bits per heavy atom. The van der Waals surface area contributed by atoms with E-state index in [1.807, 2.05) is 13.0 Å². The van der Waals surface area contributed by atoms with E-state index in [-0.39, 0.29) is 25.2 Å². The number of esters is 1. The van der Waals surface area contributed by atoms with E-state index in [9.17, 15) is 65.4 Å². The van der Waals surface area contributed by atoms with Crippen LogP contribution >= 0.6 is 0 Å². The van der Waals surface area contributed by atoms with Gasteiger partial charge in [0.1, 0.15) is 23.9 Å². The number of carbonyl (C=O) groups is 3. The number of rotatable bonds is 3. The predicted octanol–water partition coefficient (Wildman–Crippen LogP) is 0.920. The average Bonchev–Trinajstić information content (AvgIpc) is 3.21. The predicted molar refractivity (Wildman–Crippen MR) is 236 cm³/mol. The molecule has 0 aliphatic carbocycles. The Morgan fingerprint density at radius 2 is 1.22 bits per heavy atom. The number of allylic oxidation sites excluding steroid dienone is 12. The number of Topliss-reactive ketones (excluding diaryl/α,β-unsaturated/α-hetero) is 1. The lowest BCUT2D eigenvalue weighted by Crippen LogP contribution is -2.61. The second-order valence-corrected chi connectivity index (χ2v) is 17.4. The van der Waals surface area contributed by atoms with Crippen molar-refractivity contribution in [1.29, 1.82) is 0 Å². The summed E-state index contributed by atoms with van der Waals surface area (Å²) in [6.07, 6.45) is 3.75. The molecular formula is C47H71NO17. The third-order valence-electron chi connectivity index (χ3n) is 11.9. The van der Waals surface area contributed by atoms with E-state index in [4.69, 9.17) is 24.7 Å². The van der Waals surface area contributed by atoms with Crippen molar-refractivity contribution in [2.45, 2.75) is 170 Å². The first-order valence-electron chi connectivity index (χ1n) is 22.2. The summed E-state index contributed by atoms with van der Waals surface area (Å²) in [5.41, 5.74) is 6.01. The van der Waals surface area contributed by atoms with Crippen LogP contribution in [0.3, 0.4) is 0 Å². The number of aliphatic hydroxyl groups is 9. The summed E-state index contributed by atoms with van der Waals surface area (Å²) in [7, 11) is 0. The highest BCUT2D eigenvalue weighted by molar-refractivity contribution is 5.80. The molecule has 0 amide bonds. The third-order valence-corrected chi connectivity index (χ3v) is 11.9. The zero-order valence-electron chi connectivity index (χ0n) is 37.5. The molecule has 0 aromatic rings. The lowest BCUT2D eigenvalue weighted by Gasteiger charge is -2.45. The van der Waals surface area contributed by atoms with Crippen LogP contribution < -0.4 is 5.73 Å². The van der Waals surface area contributed by atoms with Crippen LogP contribution in [0.4, 0.5) is 0 Å². The summed E-state index contributed by atoms with van der Waals surface area (Å²) in [5, 5.41) is 107. The Labute approximate surface area is 380 Å². The van der Waals surface area contributed by atoms with Crippen molar-refractivity contribution < 1.29 is 84.4 Å². The fourth-order valence-electron chi connectivity index (χ4n) is 7.81. The lowest BCUT2D eigenvalue weighted by molar-refractivity contribution is -0.310. The molecular weight excluding hydrogens is 851 g/mol. The van der Waals surface area contributed by atoms with Crippen LogP contribution in [0.2, 0.25) is 0 Å². The molecule has 0 saturated carbocycles. The van der Waals surface area contributed by atoms with Crippen LogP contribution in [0.5, 0.6) is 0 Å². The third kappa shape index (κ3) is 18.5. The summed E-state index contributed by atoms with van der Waals surface area (Å²) in [6.45, 7) is 6.69. The van der Waals surface area contributed by atoms with Crippen molar-refractivity contribution in [2.75, 3.05) is 0 Å². The SMILES string of the molecule is C[C@@H]1[C@H](O)[C@@H](C)/C=C/C=C/C=C/C=C/C=C/C=C/C=C/[C@H](O[C@@H]2O[C@H](C)[C@@H](O)[C@H](N)[C@@H]2O)C[C@@H]2O[C@](O)(C[C@@H](O)C(O)CCC(O)CC(=O)C[C@@H](O)CC(=O)O[C@H]1C)C[C@H](O)[C@H]2C(=O)O. The van der Waals surface area contributed by atoms with E-state index in [0.717, 1.165) is 0 Å². The molecule has 18 atom stereocenters. The molecule has 0 aromatic carbocycles. The number of carboxylic acid groups (broad SMARTS) is 1. The van der Waals surface area contributed by atoms with Crippen LogP contribution in [0.15, 0.2) is 85.1 Å². The van der Waals surface area contributed by atoms with Gasteiger partial charge in [0, 0.05) is 43.9 Å². The molecule has 3 rings (SSSR count). The molecule has 18 heteroatoms. The lowest BCUT2D eigenvalue weighted by atomic mass is 9.82. The topological polar surface area (TPSA) is 316 Å². The van der Waals surface area contributed by atoms with E-state index >= 15 is 0 Å². The molecule has 2 fully saturated rings. The number of aliphatic carboxylic acids is 1. The zero-order chi connectivity index (χ0) is 48.4. The monoisotopic (exact) mass is 921 g/mol. The number of hydrogen-bond acceptors (Lipinski definition) is 17. The number of carboxylic acids is 1. The van der Waals surface area contributed by atoms with E-state index in [2.05, 4.69) is 0 Å². The summed E-state index contributed by atoms with van der Waals surface area (Å²) in [4.78, 5) is 37.7. The molecule has 2 bridgehead atoms. The Kier molecular flexibility index (Phi) is 23.2. The van der Waals surface area contributed by atoms with E-state index in [0.29, 0.717) is 0 Å². The van der Waals surface area contributed by atoms with Crippen LogP contribution in [-0.4, -0.2) is 160 Å². The highest BCUT2D eigenvalue weighted by Gasteiger charge is 2.51. The Balaban J connectivity index is 1.86. The van der Waals surface area contributed by atoms with Gasteiger partial charge in [0.05, 0.1) is 73.5 Å². The molecule has 366 valence electrons. The van der Waals surface area contributed by atoms with E-state index in [1.54, 1.807) is 86.8 Å². The Bertz CT molecular complexity index is 1710. The van der Waals surface area contributed by atoms with Crippen LogP contribution in [-0.2, 0) is 33.3 Å². The van der Waals surface area contributed by atoms with Gasteiger partial charge in [-0.3, -0.25) is 14.4 Å². The molecule has 2 unspecified atom stereocenters. The first-order chi connectivity index (χ1) is 30.6. The van der Waals surface area contributed by atoms with Crippen LogP contribution in [0, 0.1) is 17.8 Å². The maximum atomic E-state index is 12.7. The summed E-state index contributed by atoms with van der Waals surface area (Å²) in [6, 6.07) is -1.15. The number of nitrogens with two attached hydrogens (primary N) is 1. The number of cyclic esters (lactones) is 1. The second kappa shape index (κ2) is 27.2. The molecule has 3 aliphatic rings. The van der Waals surface area contributed by atoms with Gasteiger partial charge >= 0.3 is 11.9 Å². The van der Waals surface area contributed by atoms with Gasteiger partial charge in [0.15, 0.2) is 12.1 Å². The minimum Gasteiger partial charge on any atom is -0.481 e. The Hall–Kier alpha value is -3.73. The first kappa shape index (κ1) is 55.6. The second-order valence-electron chi connectivity index (χ2n) is 17.4. The molecule has 3 heterocycles. The van der Waals surface area contributed by atoms with E-state index in [1.165, 1.54) is 13.0 Å². The first-order valence-corrected chi connectivity index (χ1v) is 22.2. The van der Waals surface area contributed by atoms with E-state index < -0.39 is 153 Å². The molecule has 0 aromatic heterocycles. The molecule has 12 N–H and O–H groups in total. The van der Waals surface area contributed by atoms with Gasteiger partial charge in [-0.15, -0.1) is 0 Å². The minimum absolute atomic E-state index is 0.201. The highest BCUT2D eigenvalue weighted by atomic mass is 16.7. The van der Waals surface area contributed by atoms with Gasteiger partial charge in [0.25, 0.3) is 0 Å². The van der Waals surface area contributed by atoms with Gasteiger partial charge in [-0.1, -0.05) is 98.9 Å². The largest absolute Gasteiger partial charge is 0.481 e. The van der Waals surface area contributed by atoms with Crippen molar-refractivity contribution in [3.8, 4) is 0 Å². The van der Waals surface area contributed by atoms with Crippen LogP contribution in [0.1, 0.15) is 79.1 Å². The van der Waals surface area contributed by atoms with Gasteiger partial charge in [0.2, 0.25) is 0 Å². The van der Waals surface area contributed by atoms with Gasteiger partial charge in [-0.2, -0.15) is 0 Å². The maximum Gasteiger partial charge on any atom is 0.311 e. The summed E-state index contributed by atoms with van der Waals surface area (Å²) >= 11 is 0. The molecule has 0 spiro atoms. The smallest absolute Gasteiger partial charge is 0.311 e. The van der Waals surface area contributed by atoms with Crippen molar-refractivity contribution in [3.05, 3.63) is 85.1 Å². The number of aliphatic hydroxyl groups excluding tert-OH is 8. The van der Waals surface area contributed by atoms with Crippen molar-refractivity contribution in [1.82, 2.24) is 0 Å². The number of ether oxygens (including phenoxy) is 4.